The van der Waals surface area contributed by atoms with Gasteiger partial charge in [-0.1, -0.05) is 12.1 Å². The number of aryl methyl sites for hydroxylation is 1. The number of carboxylic acids is 1. The second-order valence-electron chi connectivity index (χ2n) is 6.44. The van der Waals surface area contributed by atoms with Crippen LogP contribution >= 0.6 is 0 Å². The molecule has 0 saturated heterocycles. The number of rotatable bonds is 7. The average Bonchev–Trinajstić information content (AvgIpc) is 3.15. The summed E-state index contributed by atoms with van der Waals surface area (Å²) in [6.45, 7) is 0. The molecule has 11 nitrogen and oxygen atoms in total. The summed E-state index contributed by atoms with van der Waals surface area (Å²) in [7, 11) is -4.87. The lowest BCUT2D eigenvalue weighted by Gasteiger charge is -2.17. The molecule has 1 aromatic heterocycles. The van der Waals surface area contributed by atoms with E-state index in [1.807, 2.05) is 0 Å². The summed E-state index contributed by atoms with van der Waals surface area (Å²) >= 11 is 0. The van der Waals surface area contributed by atoms with Gasteiger partial charge in [0.05, 0.1) is 5.69 Å². The molecule has 12 heteroatoms. The van der Waals surface area contributed by atoms with Crippen LogP contribution < -0.4 is 4.90 Å². The monoisotopic (exact) mass is 436 g/mol. The Morgan fingerprint density at radius 3 is 2.07 bits per heavy atom. The molecule has 3 rings (SSSR count). The number of aromatic hydroxyl groups is 2. The number of anilines is 1. The molecule has 0 fully saturated rings. The number of aromatic nitrogens is 1. The number of benzene rings is 1. The fourth-order valence-corrected chi connectivity index (χ4v) is 3.69. The van der Waals surface area contributed by atoms with Crippen LogP contribution in [0.3, 0.4) is 0 Å². The molecule has 158 valence electrons. The first-order valence-corrected chi connectivity index (χ1v) is 9.93. The molecule has 1 aromatic carbocycles. The van der Waals surface area contributed by atoms with Gasteiger partial charge in [0.25, 0.3) is 21.9 Å². The lowest BCUT2D eigenvalue weighted by molar-refractivity contribution is -0.141. The molecule has 2 heterocycles. The van der Waals surface area contributed by atoms with Crippen LogP contribution in [0, 0.1) is 0 Å². The summed E-state index contributed by atoms with van der Waals surface area (Å²) in [5, 5.41) is 29.4. The Morgan fingerprint density at radius 1 is 1.03 bits per heavy atom. The first kappa shape index (κ1) is 21.1. The predicted molar refractivity (Wildman–Crippen MR) is 101 cm³/mol. The van der Waals surface area contributed by atoms with Gasteiger partial charge in [0, 0.05) is 18.2 Å². The highest BCUT2D eigenvalue weighted by Gasteiger charge is 2.31. The van der Waals surface area contributed by atoms with Gasteiger partial charge in [-0.3, -0.25) is 18.7 Å². The van der Waals surface area contributed by atoms with Gasteiger partial charge in [-0.15, -0.1) is 0 Å². The summed E-state index contributed by atoms with van der Waals surface area (Å²) in [6.07, 6.45) is 2.27. The van der Waals surface area contributed by atoms with Gasteiger partial charge in [-0.2, -0.15) is 8.42 Å². The highest BCUT2D eigenvalue weighted by molar-refractivity contribution is 7.86. The molecule has 1 aliphatic heterocycles. The van der Waals surface area contributed by atoms with Crippen molar-refractivity contribution in [3.8, 4) is 11.8 Å². The van der Waals surface area contributed by atoms with Crippen LogP contribution in [0.2, 0.25) is 0 Å². The third kappa shape index (κ3) is 3.90. The Kier molecular flexibility index (Phi) is 5.37. The summed E-state index contributed by atoms with van der Waals surface area (Å²) in [4.78, 5) is 35.0. The second kappa shape index (κ2) is 7.65. The van der Waals surface area contributed by atoms with E-state index in [0.29, 0.717) is 21.9 Å². The van der Waals surface area contributed by atoms with E-state index in [4.69, 9.17) is 4.55 Å². The van der Waals surface area contributed by atoms with Gasteiger partial charge in [0.2, 0.25) is 5.88 Å². The van der Waals surface area contributed by atoms with E-state index in [9.17, 15) is 38.1 Å². The van der Waals surface area contributed by atoms with Crippen LogP contribution in [0.4, 0.5) is 5.69 Å². The maximum Gasteiger partial charge on any atom is 0.326 e. The van der Waals surface area contributed by atoms with E-state index in [2.05, 4.69) is 0 Å². The molecule has 2 aromatic rings. The number of hydrogen-bond acceptors (Lipinski definition) is 7. The van der Waals surface area contributed by atoms with E-state index in [0.717, 1.165) is 17.1 Å². The molecule has 0 saturated carbocycles. The maximum absolute atomic E-state index is 11.7. The molecule has 0 spiro atoms. The quantitative estimate of drug-likeness (QED) is 0.362. The summed E-state index contributed by atoms with van der Waals surface area (Å²) in [6, 6.07) is 5.18. The molecule has 0 radical (unpaired) electrons. The van der Waals surface area contributed by atoms with E-state index in [-0.39, 0.29) is 12.8 Å². The van der Waals surface area contributed by atoms with Crippen molar-refractivity contribution in [2.75, 3.05) is 4.90 Å². The minimum atomic E-state index is -4.87. The van der Waals surface area contributed by atoms with Crippen LogP contribution in [-0.4, -0.2) is 50.6 Å². The van der Waals surface area contributed by atoms with Crippen molar-refractivity contribution in [3.63, 3.8) is 0 Å². The highest BCUT2D eigenvalue weighted by atomic mass is 32.2. The Balaban J connectivity index is 1.80. The molecule has 2 amide bonds. The molecular weight excluding hydrogens is 420 g/mol. The van der Waals surface area contributed by atoms with Gasteiger partial charge < -0.3 is 15.3 Å². The Hall–Kier alpha value is -3.64. The molecular formula is C18H16N2O9S. The van der Waals surface area contributed by atoms with Gasteiger partial charge in [-0.05, 0) is 30.5 Å². The average molecular weight is 436 g/mol. The van der Waals surface area contributed by atoms with Gasteiger partial charge in [-0.25, -0.2) is 9.69 Å². The van der Waals surface area contributed by atoms with Crippen LogP contribution in [0.5, 0.6) is 11.8 Å². The molecule has 4 N–H and O–H groups in total. The third-order valence-corrected chi connectivity index (χ3v) is 5.40. The van der Waals surface area contributed by atoms with Crippen LogP contribution in [0.15, 0.2) is 47.4 Å². The Labute approximate surface area is 169 Å². The molecule has 1 atom stereocenters. The number of aliphatic carboxylic acids is 1. The maximum atomic E-state index is 11.7. The number of imide groups is 1. The first-order chi connectivity index (χ1) is 14.0. The number of hydrogen-bond donors (Lipinski definition) is 4. The van der Waals surface area contributed by atoms with Crippen LogP contribution in [-0.2, 0) is 30.9 Å². The predicted octanol–water partition coefficient (Wildman–Crippen LogP) is 0.834. The standard InChI is InChI=1S/C18H16N2O9S/c21-14-7-8-15(22)19(14)11-4-1-10(2-5-11)3-6-12(18(25)26)20-16(23)9-13(17(20)24)30(27,28)29/h1-2,4-5,7-9,12,23-24H,3,6H2,(H,25,26)(H,27,28,29). The Morgan fingerprint density at radius 2 is 1.60 bits per heavy atom. The van der Waals surface area contributed by atoms with E-state index in [1.54, 1.807) is 12.1 Å². The van der Waals surface area contributed by atoms with E-state index in [1.165, 1.54) is 12.1 Å². The molecule has 0 aliphatic carbocycles. The molecule has 0 bridgehead atoms. The minimum Gasteiger partial charge on any atom is -0.494 e. The van der Waals surface area contributed by atoms with Crippen molar-refractivity contribution in [1.82, 2.24) is 4.57 Å². The topological polar surface area (TPSA) is 174 Å². The zero-order valence-corrected chi connectivity index (χ0v) is 16.0. The largest absolute Gasteiger partial charge is 0.494 e. The highest BCUT2D eigenvalue weighted by Crippen LogP contribution is 2.36. The number of amides is 2. The Bertz CT molecular complexity index is 1150. The molecule has 1 aliphatic rings. The number of carbonyl (C=O) groups excluding carboxylic acids is 2. The second-order valence-corrected chi connectivity index (χ2v) is 7.83. The van der Waals surface area contributed by atoms with E-state index < -0.39 is 50.6 Å². The SMILES string of the molecule is O=C(O)C(CCc1ccc(N2C(=O)C=CC2=O)cc1)n1c(O)cc(S(=O)(=O)O)c1O. The van der Waals surface area contributed by atoms with Crippen molar-refractivity contribution in [2.45, 2.75) is 23.8 Å². The summed E-state index contributed by atoms with van der Waals surface area (Å²) < 4.78 is 32.1. The van der Waals surface area contributed by atoms with Gasteiger partial charge in [0.1, 0.15) is 6.04 Å². The number of carbonyl (C=O) groups is 3. The summed E-state index contributed by atoms with van der Waals surface area (Å²) in [5.74, 6) is -4.36. The van der Waals surface area contributed by atoms with Crippen molar-refractivity contribution in [2.24, 2.45) is 0 Å². The van der Waals surface area contributed by atoms with Crippen LogP contribution in [0.1, 0.15) is 18.0 Å². The number of carboxylic acid groups (broad SMARTS) is 1. The van der Waals surface area contributed by atoms with Crippen molar-refractivity contribution < 1.29 is 42.7 Å². The fourth-order valence-electron chi connectivity index (χ4n) is 3.11. The third-order valence-electron chi connectivity index (χ3n) is 4.54. The van der Waals surface area contributed by atoms with Crippen molar-refractivity contribution >= 4 is 33.6 Å². The van der Waals surface area contributed by atoms with E-state index >= 15 is 0 Å². The zero-order chi connectivity index (χ0) is 22.2. The zero-order valence-electron chi connectivity index (χ0n) is 15.2. The van der Waals surface area contributed by atoms with Gasteiger partial charge in [0.15, 0.2) is 10.8 Å². The fraction of sp³-hybridized carbons (Fsp3) is 0.167. The lowest BCUT2D eigenvalue weighted by atomic mass is 10.0. The van der Waals surface area contributed by atoms with Crippen molar-refractivity contribution in [3.05, 3.63) is 48.0 Å². The smallest absolute Gasteiger partial charge is 0.326 e. The van der Waals surface area contributed by atoms with Gasteiger partial charge >= 0.3 is 5.97 Å². The number of nitrogens with zero attached hydrogens (tertiary/aromatic N) is 2. The van der Waals surface area contributed by atoms with Crippen molar-refractivity contribution in [1.29, 1.82) is 0 Å². The van der Waals surface area contributed by atoms with Crippen LogP contribution in [0.25, 0.3) is 0 Å². The molecule has 1 unspecified atom stereocenters. The minimum absolute atomic E-state index is 0.135. The lowest BCUT2D eigenvalue weighted by Crippen LogP contribution is -2.29. The normalized spacial score (nSPS) is 15.0. The molecule has 30 heavy (non-hydrogen) atoms. The summed E-state index contributed by atoms with van der Waals surface area (Å²) in [5.41, 5.74) is 0.963. The first-order valence-electron chi connectivity index (χ1n) is 8.49.